The van der Waals surface area contributed by atoms with Gasteiger partial charge in [0.25, 0.3) is 0 Å². The molecule has 1 aliphatic heterocycles. The van der Waals surface area contributed by atoms with Crippen molar-refractivity contribution in [2.24, 2.45) is 0 Å². The molecule has 0 spiro atoms. The van der Waals surface area contributed by atoms with E-state index in [0.717, 1.165) is 24.0 Å². The standard InChI is InChI=1S/C16H17NO3S/c18-15-7-3-13(4-8-15)14-5-9-16(10-6-14)21(19,20)17-11-1-2-12-17/h3-10,18H,1-2,11-12H2. The van der Waals surface area contributed by atoms with Gasteiger partial charge in [-0.1, -0.05) is 24.3 Å². The topological polar surface area (TPSA) is 57.6 Å². The van der Waals surface area contributed by atoms with Gasteiger partial charge >= 0.3 is 0 Å². The van der Waals surface area contributed by atoms with Gasteiger partial charge in [-0.3, -0.25) is 0 Å². The zero-order valence-corrected chi connectivity index (χ0v) is 12.4. The Bertz CT molecular complexity index is 715. The van der Waals surface area contributed by atoms with Crippen molar-refractivity contribution in [3.63, 3.8) is 0 Å². The van der Waals surface area contributed by atoms with Gasteiger partial charge in [0.15, 0.2) is 0 Å². The Kier molecular flexibility index (Phi) is 3.69. The average Bonchev–Trinajstić information content (AvgIpc) is 3.03. The minimum atomic E-state index is -3.35. The molecular weight excluding hydrogens is 286 g/mol. The van der Waals surface area contributed by atoms with Crippen LogP contribution in [0.5, 0.6) is 5.75 Å². The molecule has 0 unspecified atom stereocenters. The third kappa shape index (κ3) is 2.80. The second kappa shape index (κ2) is 5.50. The second-order valence-corrected chi connectivity index (χ2v) is 7.12. The molecule has 3 rings (SSSR count). The molecule has 0 atom stereocenters. The van der Waals surface area contributed by atoms with Gasteiger partial charge < -0.3 is 5.11 Å². The van der Waals surface area contributed by atoms with Crippen LogP contribution in [0.3, 0.4) is 0 Å². The highest BCUT2D eigenvalue weighted by Gasteiger charge is 2.26. The Morgan fingerprint density at radius 3 is 1.81 bits per heavy atom. The zero-order chi connectivity index (χ0) is 14.9. The molecule has 0 bridgehead atoms. The maximum atomic E-state index is 12.4. The van der Waals surface area contributed by atoms with Crippen molar-refractivity contribution >= 4 is 10.0 Å². The first-order valence-electron chi connectivity index (χ1n) is 6.97. The van der Waals surface area contributed by atoms with Crippen LogP contribution in [-0.2, 0) is 10.0 Å². The molecule has 1 fully saturated rings. The summed E-state index contributed by atoms with van der Waals surface area (Å²) in [4.78, 5) is 0.340. The lowest BCUT2D eigenvalue weighted by Gasteiger charge is -2.15. The van der Waals surface area contributed by atoms with Crippen LogP contribution in [0, 0.1) is 0 Å². The van der Waals surface area contributed by atoms with Crippen molar-refractivity contribution in [1.29, 1.82) is 0 Å². The number of rotatable bonds is 3. The Labute approximate surface area is 124 Å². The normalized spacial score (nSPS) is 16.2. The Morgan fingerprint density at radius 2 is 1.29 bits per heavy atom. The lowest BCUT2D eigenvalue weighted by atomic mass is 10.1. The van der Waals surface area contributed by atoms with Gasteiger partial charge in [-0.05, 0) is 48.2 Å². The SMILES string of the molecule is O=S(=O)(c1ccc(-c2ccc(O)cc2)cc1)N1CCCC1. The van der Waals surface area contributed by atoms with Crippen LogP contribution in [0.25, 0.3) is 11.1 Å². The van der Waals surface area contributed by atoms with Gasteiger partial charge in [0.05, 0.1) is 4.90 Å². The molecular formula is C16H17NO3S. The zero-order valence-electron chi connectivity index (χ0n) is 11.6. The Balaban J connectivity index is 1.88. The minimum absolute atomic E-state index is 0.215. The first-order chi connectivity index (χ1) is 10.1. The molecule has 1 N–H and O–H groups in total. The summed E-state index contributed by atoms with van der Waals surface area (Å²) in [6.45, 7) is 1.23. The fourth-order valence-corrected chi connectivity index (χ4v) is 4.07. The predicted molar refractivity (Wildman–Crippen MR) is 81.5 cm³/mol. The summed E-state index contributed by atoms with van der Waals surface area (Å²) < 4.78 is 26.4. The monoisotopic (exact) mass is 303 g/mol. The highest BCUT2D eigenvalue weighted by atomic mass is 32.2. The summed E-state index contributed by atoms with van der Waals surface area (Å²) in [5.74, 6) is 0.215. The molecule has 1 aliphatic rings. The smallest absolute Gasteiger partial charge is 0.243 e. The highest BCUT2D eigenvalue weighted by Crippen LogP contribution is 2.25. The van der Waals surface area contributed by atoms with E-state index in [9.17, 15) is 13.5 Å². The number of nitrogens with zero attached hydrogens (tertiary/aromatic N) is 1. The Hall–Kier alpha value is -1.85. The van der Waals surface area contributed by atoms with E-state index in [1.54, 1.807) is 52.8 Å². The van der Waals surface area contributed by atoms with Crippen LogP contribution in [0.15, 0.2) is 53.4 Å². The summed E-state index contributed by atoms with van der Waals surface area (Å²) in [6.07, 6.45) is 1.87. The van der Waals surface area contributed by atoms with Gasteiger partial charge in [0, 0.05) is 13.1 Å². The van der Waals surface area contributed by atoms with Crippen LogP contribution in [0.1, 0.15) is 12.8 Å². The first kappa shape index (κ1) is 14.1. The molecule has 0 radical (unpaired) electrons. The lowest BCUT2D eigenvalue weighted by molar-refractivity contribution is 0.475. The van der Waals surface area contributed by atoms with E-state index in [0.29, 0.717) is 18.0 Å². The van der Waals surface area contributed by atoms with Crippen molar-refractivity contribution in [2.45, 2.75) is 17.7 Å². The van der Waals surface area contributed by atoms with E-state index >= 15 is 0 Å². The fourth-order valence-electron chi connectivity index (χ4n) is 2.55. The Morgan fingerprint density at radius 1 is 0.810 bits per heavy atom. The third-order valence-corrected chi connectivity index (χ3v) is 5.67. The third-order valence-electron chi connectivity index (χ3n) is 3.76. The minimum Gasteiger partial charge on any atom is -0.508 e. The largest absolute Gasteiger partial charge is 0.508 e. The summed E-state index contributed by atoms with van der Waals surface area (Å²) in [5.41, 5.74) is 1.87. The maximum absolute atomic E-state index is 12.4. The van der Waals surface area contributed by atoms with E-state index in [4.69, 9.17) is 0 Å². The van der Waals surface area contributed by atoms with Gasteiger partial charge in [0.2, 0.25) is 10.0 Å². The second-order valence-electron chi connectivity index (χ2n) is 5.18. The fraction of sp³-hybridized carbons (Fsp3) is 0.250. The molecule has 4 nitrogen and oxygen atoms in total. The van der Waals surface area contributed by atoms with Crippen LogP contribution in [0.4, 0.5) is 0 Å². The summed E-state index contributed by atoms with van der Waals surface area (Å²) in [6, 6.07) is 13.7. The molecule has 0 aliphatic carbocycles. The van der Waals surface area contributed by atoms with Crippen molar-refractivity contribution in [1.82, 2.24) is 4.31 Å². The molecule has 0 saturated carbocycles. The van der Waals surface area contributed by atoms with E-state index in [-0.39, 0.29) is 5.75 Å². The van der Waals surface area contributed by atoms with Crippen molar-refractivity contribution in [2.75, 3.05) is 13.1 Å². The lowest BCUT2D eigenvalue weighted by Crippen LogP contribution is -2.27. The molecule has 110 valence electrons. The van der Waals surface area contributed by atoms with Crippen LogP contribution < -0.4 is 0 Å². The van der Waals surface area contributed by atoms with Crippen LogP contribution in [0.2, 0.25) is 0 Å². The van der Waals surface area contributed by atoms with E-state index in [1.807, 2.05) is 0 Å². The number of benzene rings is 2. The van der Waals surface area contributed by atoms with Gasteiger partial charge in [-0.2, -0.15) is 4.31 Å². The van der Waals surface area contributed by atoms with E-state index in [1.165, 1.54) is 0 Å². The maximum Gasteiger partial charge on any atom is 0.243 e. The van der Waals surface area contributed by atoms with Crippen molar-refractivity contribution in [3.05, 3.63) is 48.5 Å². The molecule has 2 aromatic carbocycles. The number of hydrogen-bond acceptors (Lipinski definition) is 3. The number of phenols is 1. The van der Waals surface area contributed by atoms with Crippen LogP contribution in [-0.4, -0.2) is 30.9 Å². The van der Waals surface area contributed by atoms with Gasteiger partial charge in [0.1, 0.15) is 5.75 Å². The van der Waals surface area contributed by atoms with E-state index in [2.05, 4.69) is 0 Å². The molecule has 2 aromatic rings. The highest BCUT2D eigenvalue weighted by molar-refractivity contribution is 7.89. The molecule has 1 saturated heterocycles. The molecule has 1 heterocycles. The first-order valence-corrected chi connectivity index (χ1v) is 8.41. The van der Waals surface area contributed by atoms with Crippen molar-refractivity contribution in [3.8, 4) is 16.9 Å². The molecule has 0 amide bonds. The molecule has 21 heavy (non-hydrogen) atoms. The number of hydrogen-bond donors (Lipinski definition) is 1. The van der Waals surface area contributed by atoms with Gasteiger partial charge in [-0.15, -0.1) is 0 Å². The quantitative estimate of drug-likeness (QED) is 0.948. The summed E-state index contributed by atoms with van der Waals surface area (Å²) >= 11 is 0. The van der Waals surface area contributed by atoms with Crippen molar-refractivity contribution < 1.29 is 13.5 Å². The number of aromatic hydroxyl groups is 1. The average molecular weight is 303 g/mol. The number of phenolic OH excluding ortho intramolecular Hbond substituents is 1. The number of sulfonamides is 1. The molecule has 5 heteroatoms. The van der Waals surface area contributed by atoms with Gasteiger partial charge in [-0.25, -0.2) is 8.42 Å². The summed E-state index contributed by atoms with van der Waals surface area (Å²) in [5, 5.41) is 9.29. The molecule has 0 aromatic heterocycles. The predicted octanol–water partition coefficient (Wildman–Crippen LogP) is 2.84. The van der Waals surface area contributed by atoms with Crippen LogP contribution >= 0.6 is 0 Å². The van der Waals surface area contributed by atoms with E-state index < -0.39 is 10.0 Å². The summed E-state index contributed by atoms with van der Waals surface area (Å²) in [7, 11) is -3.35.